The van der Waals surface area contributed by atoms with Gasteiger partial charge in [0.25, 0.3) is 0 Å². The van der Waals surface area contributed by atoms with Gasteiger partial charge in [-0.15, -0.1) is 0 Å². The molecular weight excluding hydrogens is 292 g/mol. The molecule has 3 atom stereocenters. The van der Waals surface area contributed by atoms with Gasteiger partial charge in [0.15, 0.2) is 0 Å². The Labute approximate surface area is 138 Å². The second kappa shape index (κ2) is 7.78. The lowest BCUT2D eigenvalue weighted by Crippen LogP contribution is -2.48. The Bertz CT molecular complexity index is 549. The molecule has 1 aromatic carbocycles. The molecule has 5 nitrogen and oxygen atoms in total. The third-order valence-corrected chi connectivity index (χ3v) is 3.97. The molecule has 0 radical (unpaired) electrons. The highest BCUT2D eigenvalue weighted by Crippen LogP contribution is 2.24. The van der Waals surface area contributed by atoms with Crippen LogP contribution in [0.3, 0.4) is 0 Å². The lowest BCUT2D eigenvalue weighted by Gasteiger charge is -2.36. The zero-order chi connectivity index (χ0) is 17.0. The smallest absolute Gasteiger partial charge is 0.125 e. The van der Waals surface area contributed by atoms with E-state index in [0.717, 1.165) is 30.0 Å². The summed E-state index contributed by atoms with van der Waals surface area (Å²) in [6.45, 7) is 10.4. The Morgan fingerprint density at radius 3 is 2.39 bits per heavy atom. The van der Waals surface area contributed by atoms with E-state index >= 15 is 0 Å². The number of aliphatic hydroxyl groups is 1. The summed E-state index contributed by atoms with van der Waals surface area (Å²) in [5.74, 6) is 0.756. The predicted octanol–water partition coefficient (Wildman–Crippen LogP) is 2.02. The third kappa shape index (κ3) is 4.93. The van der Waals surface area contributed by atoms with Crippen molar-refractivity contribution in [2.45, 2.75) is 46.0 Å². The minimum atomic E-state index is -0.554. The van der Waals surface area contributed by atoms with Gasteiger partial charge in [0.05, 0.1) is 23.8 Å². The Kier molecular flexibility index (Phi) is 6.00. The van der Waals surface area contributed by atoms with Gasteiger partial charge in [-0.25, -0.2) is 0 Å². The lowest BCUT2D eigenvalue weighted by molar-refractivity contribution is -0.0787. The van der Waals surface area contributed by atoms with Gasteiger partial charge in [-0.2, -0.15) is 5.26 Å². The van der Waals surface area contributed by atoms with Crippen LogP contribution >= 0.6 is 0 Å². The number of β-amino-alcohol motifs (C(OH)–C–C–N with tert-alkyl or cyclic N) is 1. The van der Waals surface area contributed by atoms with Crippen LogP contribution in [0.25, 0.3) is 0 Å². The van der Waals surface area contributed by atoms with E-state index in [2.05, 4.69) is 24.8 Å². The summed E-state index contributed by atoms with van der Waals surface area (Å²) >= 11 is 0. The van der Waals surface area contributed by atoms with E-state index in [9.17, 15) is 5.11 Å². The quantitative estimate of drug-likeness (QED) is 0.900. The van der Waals surface area contributed by atoms with Crippen molar-refractivity contribution in [2.75, 3.05) is 26.2 Å². The minimum absolute atomic E-state index is 0.190. The molecule has 1 aliphatic heterocycles. The normalized spacial score (nSPS) is 23.3. The molecule has 1 N–H and O–H groups in total. The second-order valence-electron chi connectivity index (χ2n) is 6.49. The maximum Gasteiger partial charge on any atom is 0.125 e. The molecule has 3 unspecified atom stereocenters. The molecule has 126 valence electrons. The van der Waals surface area contributed by atoms with Crippen molar-refractivity contribution in [3.8, 4) is 11.8 Å². The molecule has 23 heavy (non-hydrogen) atoms. The minimum Gasteiger partial charge on any atom is -0.490 e. The first-order chi connectivity index (χ1) is 10.9. The number of nitrogens with zero attached hydrogens (tertiary/aromatic N) is 2. The number of hydrogen-bond donors (Lipinski definition) is 1. The molecule has 0 saturated carbocycles. The van der Waals surface area contributed by atoms with E-state index in [1.54, 1.807) is 12.1 Å². The van der Waals surface area contributed by atoms with Crippen molar-refractivity contribution in [1.29, 1.82) is 5.26 Å². The van der Waals surface area contributed by atoms with Gasteiger partial charge < -0.3 is 14.6 Å². The molecule has 2 rings (SSSR count). The molecule has 1 heterocycles. The first kappa shape index (κ1) is 17.7. The number of nitriles is 1. The topological polar surface area (TPSA) is 65.7 Å². The van der Waals surface area contributed by atoms with Crippen LogP contribution in [0.2, 0.25) is 0 Å². The Morgan fingerprint density at radius 2 is 1.87 bits per heavy atom. The summed E-state index contributed by atoms with van der Waals surface area (Å²) < 4.78 is 11.5. The molecule has 0 aliphatic carbocycles. The van der Waals surface area contributed by atoms with Gasteiger partial charge in [-0.3, -0.25) is 4.90 Å². The molecule has 1 aromatic rings. The molecule has 0 bridgehead atoms. The predicted molar refractivity (Wildman–Crippen MR) is 88.6 cm³/mol. The SMILES string of the molecule is Cc1cc(C#N)cc(C)c1OCC(O)CN1CC(C)OC(C)C1. The maximum atomic E-state index is 10.3. The first-order valence-corrected chi connectivity index (χ1v) is 8.09. The molecule has 5 heteroatoms. The largest absolute Gasteiger partial charge is 0.490 e. The molecule has 0 spiro atoms. The number of ether oxygens (including phenoxy) is 2. The Balaban J connectivity index is 1.90. The van der Waals surface area contributed by atoms with Gasteiger partial charge in [0.2, 0.25) is 0 Å². The van der Waals surface area contributed by atoms with E-state index in [0.29, 0.717) is 12.1 Å². The molecule has 1 fully saturated rings. The van der Waals surface area contributed by atoms with Crippen LogP contribution in [-0.2, 0) is 4.74 Å². The van der Waals surface area contributed by atoms with Crippen LogP contribution in [-0.4, -0.2) is 54.6 Å². The number of benzene rings is 1. The van der Waals surface area contributed by atoms with E-state index in [1.807, 2.05) is 13.8 Å². The fraction of sp³-hybridized carbons (Fsp3) is 0.611. The van der Waals surface area contributed by atoms with Gasteiger partial charge in [-0.1, -0.05) is 0 Å². The van der Waals surface area contributed by atoms with Gasteiger partial charge in [0, 0.05) is 19.6 Å². The van der Waals surface area contributed by atoms with E-state index in [-0.39, 0.29) is 18.8 Å². The zero-order valence-corrected chi connectivity index (χ0v) is 14.4. The van der Waals surface area contributed by atoms with Crippen LogP contribution in [0.4, 0.5) is 0 Å². The van der Waals surface area contributed by atoms with Crippen molar-refractivity contribution in [3.05, 3.63) is 28.8 Å². The first-order valence-electron chi connectivity index (χ1n) is 8.09. The molecule has 1 saturated heterocycles. The molecule has 0 amide bonds. The van der Waals surface area contributed by atoms with Crippen LogP contribution in [0.5, 0.6) is 5.75 Å². The van der Waals surface area contributed by atoms with E-state index in [1.165, 1.54) is 0 Å². The van der Waals surface area contributed by atoms with Crippen LogP contribution in [0.15, 0.2) is 12.1 Å². The summed E-state index contributed by atoms with van der Waals surface area (Å²) in [5, 5.41) is 19.2. The van der Waals surface area contributed by atoms with Crippen molar-refractivity contribution in [2.24, 2.45) is 0 Å². The van der Waals surface area contributed by atoms with Crippen LogP contribution < -0.4 is 4.74 Å². The number of hydrogen-bond acceptors (Lipinski definition) is 5. The second-order valence-corrected chi connectivity index (χ2v) is 6.49. The maximum absolute atomic E-state index is 10.3. The van der Waals surface area contributed by atoms with E-state index < -0.39 is 6.10 Å². The average molecular weight is 318 g/mol. The van der Waals surface area contributed by atoms with Crippen molar-refractivity contribution < 1.29 is 14.6 Å². The highest BCUT2D eigenvalue weighted by atomic mass is 16.5. The Morgan fingerprint density at radius 1 is 1.30 bits per heavy atom. The summed E-state index contributed by atoms with van der Waals surface area (Å²) in [6.07, 6.45) is -0.174. The van der Waals surface area contributed by atoms with Gasteiger partial charge >= 0.3 is 0 Å². The molecule has 1 aliphatic rings. The number of aliphatic hydroxyl groups excluding tert-OH is 1. The highest BCUT2D eigenvalue weighted by molar-refractivity contribution is 5.47. The number of aryl methyl sites for hydroxylation is 2. The fourth-order valence-corrected chi connectivity index (χ4v) is 3.21. The van der Waals surface area contributed by atoms with E-state index in [4.69, 9.17) is 14.7 Å². The summed E-state index contributed by atoms with van der Waals surface area (Å²) in [7, 11) is 0. The zero-order valence-electron chi connectivity index (χ0n) is 14.4. The van der Waals surface area contributed by atoms with Gasteiger partial charge in [0.1, 0.15) is 18.5 Å². The monoisotopic (exact) mass is 318 g/mol. The standard InChI is InChI=1S/C18H26N2O3/c1-12-5-16(7-19)6-13(2)18(12)22-11-17(21)10-20-8-14(3)23-15(4)9-20/h5-6,14-15,17,21H,8-11H2,1-4H3. The fourth-order valence-electron chi connectivity index (χ4n) is 3.21. The molecular formula is C18H26N2O3. The summed E-state index contributed by atoms with van der Waals surface area (Å²) in [4.78, 5) is 2.21. The Hall–Kier alpha value is -1.61. The average Bonchev–Trinajstić information content (AvgIpc) is 2.44. The number of morpholine rings is 1. The van der Waals surface area contributed by atoms with Crippen LogP contribution in [0.1, 0.15) is 30.5 Å². The van der Waals surface area contributed by atoms with Crippen molar-refractivity contribution >= 4 is 0 Å². The summed E-state index contributed by atoms with van der Waals surface area (Å²) in [6, 6.07) is 5.75. The summed E-state index contributed by atoms with van der Waals surface area (Å²) in [5.41, 5.74) is 2.47. The van der Waals surface area contributed by atoms with Crippen molar-refractivity contribution in [1.82, 2.24) is 4.90 Å². The highest BCUT2D eigenvalue weighted by Gasteiger charge is 2.24. The number of rotatable bonds is 5. The van der Waals surface area contributed by atoms with Crippen molar-refractivity contribution in [3.63, 3.8) is 0 Å². The van der Waals surface area contributed by atoms with Gasteiger partial charge in [-0.05, 0) is 51.0 Å². The lowest BCUT2D eigenvalue weighted by atomic mass is 10.1. The molecule has 0 aromatic heterocycles. The third-order valence-electron chi connectivity index (χ3n) is 3.97. The van der Waals surface area contributed by atoms with Crippen LogP contribution in [0, 0.1) is 25.2 Å².